The standard InChI is InChI=1S/C14H13N3O/c1-2-10-6-14(18)17(7-10)8-11-3-4-12-13(5-11)16-9-15-12/h1,3-5,9-10H,6-8H2,(H,15,16). The Morgan fingerprint density at radius 3 is 3.22 bits per heavy atom. The Hall–Kier alpha value is -2.28. The van der Waals surface area contributed by atoms with Gasteiger partial charge in [-0.2, -0.15) is 0 Å². The first kappa shape index (κ1) is 10.8. The van der Waals surface area contributed by atoms with Crippen LogP contribution in [0.5, 0.6) is 0 Å². The molecule has 3 rings (SSSR count). The number of H-pyrrole nitrogens is 1. The number of terminal acetylenes is 1. The molecule has 0 bridgehead atoms. The smallest absolute Gasteiger partial charge is 0.224 e. The summed E-state index contributed by atoms with van der Waals surface area (Å²) in [5.74, 6) is 2.86. The summed E-state index contributed by atoms with van der Waals surface area (Å²) in [6, 6.07) is 5.98. The molecule has 1 unspecified atom stereocenters. The topological polar surface area (TPSA) is 49.0 Å². The number of aromatic amines is 1. The molecule has 0 saturated carbocycles. The predicted octanol–water partition coefficient (Wildman–Crippen LogP) is 1.54. The summed E-state index contributed by atoms with van der Waals surface area (Å²) in [4.78, 5) is 20.8. The molecule has 1 aromatic carbocycles. The molecule has 1 saturated heterocycles. The number of carbonyl (C=O) groups excluding carboxylic acids is 1. The highest BCUT2D eigenvalue weighted by Gasteiger charge is 2.27. The minimum Gasteiger partial charge on any atom is -0.345 e. The number of aromatic nitrogens is 2. The number of nitrogens with one attached hydrogen (secondary N) is 1. The van der Waals surface area contributed by atoms with Gasteiger partial charge in [0.1, 0.15) is 0 Å². The maximum Gasteiger partial charge on any atom is 0.224 e. The van der Waals surface area contributed by atoms with E-state index >= 15 is 0 Å². The van der Waals surface area contributed by atoms with Crippen LogP contribution in [-0.2, 0) is 11.3 Å². The van der Waals surface area contributed by atoms with Gasteiger partial charge in [-0.05, 0) is 17.7 Å². The molecule has 1 fully saturated rings. The van der Waals surface area contributed by atoms with E-state index in [4.69, 9.17) is 6.42 Å². The molecule has 4 nitrogen and oxygen atoms in total. The first-order valence-electron chi connectivity index (χ1n) is 5.92. The van der Waals surface area contributed by atoms with Crippen LogP contribution in [0.25, 0.3) is 11.0 Å². The van der Waals surface area contributed by atoms with Gasteiger partial charge in [-0.25, -0.2) is 4.98 Å². The molecule has 0 radical (unpaired) electrons. The maximum atomic E-state index is 11.8. The molecular weight excluding hydrogens is 226 g/mol. The Balaban J connectivity index is 1.80. The van der Waals surface area contributed by atoms with Crippen molar-refractivity contribution in [3.8, 4) is 12.3 Å². The van der Waals surface area contributed by atoms with Gasteiger partial charge >= 0.3 is 0 Å². The number of fused-ring (bicyclic) bond motifs is 1. The molecule has 1 aliphatic rings. The van der Waals surface area contributed by atoms with Crippen molar-refractivity contribution in [3.63, 3.8) is 0 Å². The van der Waals surface area contributed by atoms with Gasteiger partial charge in [-0.15, -0.1) is 12.3 Å². The Bertz CT molecular complexity index is 638. The highest BCUT2D eigenvalue weighted by atomic mass is 16.2. The number of benzene rings is 1. The molecule has 1 amide bonds. The van der Waals surface area contributed by atoms with Gasteiger partial charge in [-0.1, -0.05) is 6.07 Å². The molecular formula is C14H13N3O. The van der Waals surface area contributed by atoms with Crippen LogP contribution in [0, 0.1) is 18.3 Å². The van der Waals surface area contributed by atoms with Gasteiger partial charge in [-0.3, -0.25) is 4.79 Å². The fourth-order valence-electron chi connectivity index (χ4n) is 2.34. The quantitative estimate of drug-likeness (QED) is 0.808. The van der Waals surface area contributed by atoms with Crippen molar-refractivity contribution in [2.45, 2.75) is 13.0 Å². The van der Waals surface area contributed by atoms with Crippen molar-refractivity contribution in [3.05, 3.63) is 30.1 Å². The number of likely N-dealkylation sites (tertiary alicyclic amines) is 1. The highest BCUT2D eigenvalue weighted by Crippen LogP contribution is 2.20. The zero-order valence-electron chi connectivity index (χ0n) is 9.89. The van der Waals surface area contributed by atoms with Crippen LogP contribution >= 0.6 is 0 Å². The Labute approximate surface area is 105 Å². The highest BCUT2D eigenvalue weighted by molar-refractivity contribution is 5.79. The van der Waals surface area contributed by atoms with Crippen molar-refractivity contribution < 1.29 is 4.79 Å². The second-order valence-corrected chi connectivity index (χ2v) is 4.60. The van der Waals surface area contributed by atoms with E-state index in [1.54, 1.807) is 6.33 Å². The average molecular weight is 239 g/mol. The zero-order chi connectivity index (χ0) is 12.5. The maximum absolute atomic E-state index is 11.8. The minimum absolute atomic E-state index is 0.0633. The third-order valence-electron chi connectivity index (χ3n) is 3.31. The van der Waals surface area contributed by atoms with Crippen LogP contribution in [0.3, 0.4) is 0 Å². The number of carbonyl (C=O) groups is 1. The molecule has 90 valence electrons. The van der Waals surface area contributed by atoms with Gasteiger partial charge in [0.2, 0.25) is 5.91 Å². The number of imidazole rings is 1. The van der Waals surface area contributed by atoms with Gasteiger partial charge in [0.25, 0.3) is 0 Å². The molecule has 4 heteroatoms. The van der Waals surface area contributed by atoms with E-state index in [9.17, 15) is 4.79 Å². The molecule has 2 heterocycles. The van der Waals surface area contributed by atoms with E-state index < -0.39 is 0 Å². The lowest BCUT2D eigenvalue weighted by atomic mass is 10.1. The summed E-state index contributed by atoms with van der Waals surface area (Å²) in [7, 11) is 0. The lowest BCUT2D eigenvalue weighted by Crippen LogP contribution is -2.24. The van der Waals surface area contributed by atoms with E-state index in [0.29, 0.717) is 19.5 Å². The predicted molar refractivity (Wildman–Crippen MR) is 68.5 cm³/mol. The zero-order valence-corrected chi connectivity index (χ0v) is 9.89. The summed E-state index contributed by atoms with van der Waals surface area (Å²) in [5, 5.41) is 0. The molecule has 1 aliphatic heterocycles. The number of hydrogen-bond acceptors (Lipinski definition) is 2. The third-order valence-corrected chi connectivity index (χ3v) is 3.31. The molecule has 18 heavy (non-hydrogen) atoms. The van der Waals surface area contributed by atoms with E-state index in [1.165, 1.54) is 0 Å². The Morgan fingerprint density at radius 1 is 1.56 bits per heavy atom. The Kier molecular flexibility index (Phi) is 2.52. The van der Waals surface area contributed by atoms with Crippen molar-refractivity contribution in [2.24, 2.45) is 5.92 Å². The molecule has 1 aromatic heterocycles. The third kappa shape index (κ3) is 1.84. The minimum atomic E-state index is 0.0633. The largest absolute Gasteiger partial charge is 0.345 e. The summed E-state index contributed by atoms with van der Waals surface area (Å²) in [6.45, 7) is 1.28. The fraction of sp³-hybridized carbons (Fsp3) is 0.286. The normalized spacial score (nSPS) is 19.4. The van der Waals surface area contributed by atoms with Crippen LogP contribution in [-0.4, -0.2) is 27.3 Å². The molecule has 1 atom stereocenters. The monoisotopic (exact) mass is 239 g/mol. The number of hydrogen-bond donors (Lipinski definition) is 1. The first-order valence-corrected chi connectivity index (χ1v) is 5.92. The van der Waals surface area contributed by atoms with Crippen LogP contribution in [0.4, 0.5) is 0 Å². The van der Waals surface area contributed by atoms with Crippen LogP contribution in [0.1, 0.15) is 12.0 Å². The summed E-state index contributed by atoms with van der Waals surface area (Å²) >= 11 is 0. The van der Waals surface area contributed by atoms with E-state index in [2.05, 4.69) is 15.9 Å². The van der Waals surface area contributed by atoms with Crippen LogP contribution < -0.4 is 0 Å². The van der Waals surface area contributed by atoms with Gasteiger partial charge < -0.3 is 9.88 Å². The molecule has 0 spiro atoms. The van der Waals surface area contributed by atoms with Crippen molar-refractivity contribution in [1.82, 2.24) is 14.9 Å². The van der Waals surface area contributed by atoms with Crippen molar-refractivity contribution in [2.75, 3.05) is 6.54 Å². The summed E-state index contributed by atoms with van der Waals surface area (Å²) in [6.07, 6.45) is 7.52. The van der Waals surface area contributed by atoms with Gasteiger partial charge in [0.15, 0.2) is 0 Å². The molecule has 1 N–H and O–H groups in total. The SMILES string of the molecule is C#CC1CC(=O)N(Cc2ccc3nc[nH]c3c2)C1. The second-order valence-electron chi connectivity index (χ2n) is 4.60. The lowest BCUT2D eigenvalue weighted by Gasteiger charge is -2.15. The Morgan fingerprint density at radius 2 is 2.44 bits per heavy atom. The fourth-order valence-corrected chi connectivity index (χ4v) is 2.34. The molecule has 2 aromatic rings. The van der Waals surface area contributed by atoms with Crippen LogP contribution in [0.2, 0.25) is 0 Å². The summed E-state index contributed by atoms with van der Waals surface area (Å²) in [5.41, 5.74) is 3.03. The van der Waals surface area contributed by atoms with Gasteiger partial charge in [0, 0.05) is 25.4 Å². The lowest BCUT2D eigenvalue weighted by molar-refractivity contribution is -0.128. The molecule has 0 aliphatic carbocycles. The number of nitrogens with zero attached hydrogens (tertiary/aromatic N) is 2. The average Bonchev–Trinajstić information content (AvgIpc) is 2.96. The number of amides is 1. The van der Waals surface area contributed by atoms with Crippen LogP contribution in [0.15, 0.2) is 24.5 Å². The van der Waals surface area contributed by atoms with E-state index in [1.807, 2.05) is 23.1 Å². The second kappa shape index (κ2) is 4.19. The number of rotatable bonds is 2. The van der Waals surface area contributed by atoms with Crippen molar-refractivity contribution in [1.29, 1.82) is 0 Å². The van der Waals surface area contributed by atoms with Gasteiger partial charge in [0.05, 0.1) is 17.4 Å². The first-order chi connectivity index (χ1) is 8.76. The van der Waals surface area contributed by atoms with E-state index in [0.717, 1.165) is 16.6 Å². The summed E-state index contributed by atoms with van der Waals surface area (Å²) < 4.78 is 0. The van der Waals surface area contributed by atoms with Crippen molar-refractivity contribution >= 4 is 16.9 Å². The van der Waals surface area contributed by atoms with E-state index in [-0.39, 0.29) is 11.8 Å².